The molecule has 0 atom stereocenters. The van der Waals surface area contributed by atoms with Crippen molar-refractivity contribution in [2.45, 2.75) is 57.0 Å². The highest BCUT2D eigenvalue weighted by atomic mass is 79.9. The minimum Gasteiger partial charge on any atom is -0.381 e. The molecule has 1 aromatic carbocycles. The molecule has 8 heteroatoms. The number of aromatic nitrogens is 3. The van der Waals surface area contributed by atoms with E-state index in [1.165, 1.54) is 0 Å². The number of nitrogens with zero attached hydrogens (tertiary/aromatic N) is 3. The zero-order chi connectivity index (χ0) is 20.3. The van der Waals surface area contributed by atoms with Gasteiger partial charge < -0.3 is 10.1 Å². The highest BCUT2D eigenvalue weighted by molar-refractivity contribution is 9.10. The maximum Gasteiger partial charge on any atom is 0.345 e. The molecule has 0 radical (unpaired) electrons. The first-order valence-electron chi connectivity index (χ1n) is 10.4. The molecule has 1 N–H and O–H groups in total. The van der Waals surface area contributed by atoms with Crippen molar-refractivity contribution < 1.29 is 9.53 Å². The van der Waals surface area contributed by atoms with Gasteiger partial charge in [0.25, 0.3) is 0 Å². The molecule has 1 aromatic heterocycles. The van der Waals surface area contributed by atoms with Crippen molar-refractivity contribution in [1.29, 1.82) is 0 Å². The van der Waals surface area contributed by atoms with Crippen LogP contribution in [0.25, 0.3) is 0 Å². The van der Waals surface area contributed by atoms with E-state index in [0.717, 1.165) is 41.7 Å². The van der Waals surface area contributed by atoms with E-state index in [2.05, 4.69) is 26.3 Å². The second-order valence-electron chi connectivity index (χ2n) is 7.84. The molecule has 3 heterocycles. The van der Waals surface area contributed by atoms with Gasteiger partial charge in [0.15, 0.2) is 0 Å². The van der Waals surface area contributed by atoms with E-state index in [-0.39, 0.29) is 11.6 Å². The molecule has 0 spiro atoms. The zero-order valence-corrected chi connectivity index (χ0v) is 18.1. The first-order chi connectivity index (χ1) is 14.1. The quantitative estimate of drug-likeness (QED) is 0.668. The SMILES string of the molecule is O=C(NCCCn1nc2n(c1=O)CCCC2)C1(c2ccc(Br)cc2)CCOCC1. The van der Waals surface area contributed by atoms with Crippen molar-refractivity contribution in [2.24, 2.45) is 0 Å². The Morgan fingerprint density at radius 3 is 2.69 bits per heavy atom. The number of hydrogen-bond acceptors (Lipinski definition) is 4. The van der Waals surface area contributed by atoms with Gasteiger partial charge in [0.05, 0.1) is 5.41 Å². The highest BCUT2D eigenvalue weighted by Gasteiger charge is 2.41. The van der Waals surface area contributed by atoms with Crippen molar-refractivity contribution in [3.05, 3.63) is 50.6 Å². The second kappa shape index (κ2) is 8.83. The van der Waals surface area contributed by atoms with Crippen LogP contribution in [0.3, 0.4) is 0 Å². The first-order valence-corrected chi connectivity index (χ1v) is 11.2. The Hall–Kier alpha value is -1.93. The summed E-state index contributed by atoms with van der Waals surface area (Å²) >= 11 is 3.46. The standard InChI is InChI=1S/C21H27BrN4O3/c22-17-7-5-16(6-8-17)21(9-14-29-15-10-21)19(27)23-11-3-13-26-20(28)25-12-2-1-4-18(25)24-26/h5-8H,1-4,9-15H2,(H,23,27). The van der Waals surface area contributed by atoms with Crippen LogP contribution >= 0.6 is 15.9 Å². The van der Waals surface area contributed by atoms with Crippen molar-refractivity contribution >= 4 is 21.8 Å². The predicted octanol–water partition coefficient (Wildman–Crippen LogP) is 2.40. The Balaban J connectivity index is 1.38. The first kappa shape index (κ1) is 20.3. The number of carbonyl (C=O) groups excluding carboxylic acids is 1. The summed E-state index contributed by atoms with van der Waals surface area (Å²) in [5.74, 6) is 0.932. The van der Waals surface area contributed by atoms with Gasteiger partial charge in [-0.25, -0.2) is 9.48 Å². The molecule has 0 saturated carbocycles. The van der Waals surface area contributed by atoms with Crippen LogP contribution in [0.2, 0.25) is 0 Å². The lowest BCUT2D eigenvalue weighted by Crippen LogP contribution is -2.48. The Bertz CT molecular complexity index is 913. The van der Waals surface area contributed by atoms with Crippen molar-refractivity contribution in [2.75, 3.05) is 19.8 Å². The number of ether oxygens (including phenoxy) is 1. The highest BCUT2D eigenvalue weighted by Crippen LogP contribution is 2.35. The Kier molecular flexibility index (Phi) is 6.20. The third kappa shape index (κ3) is 4.19. The van der Waals surface area contributed by atoms with Crippen LogP contribution in [0.15, 0.2) is 33.5 Å². The number of carbonyl (C=O) groups is 1. The average molecular weight is 463 g/mol. The molecule has 1 saturated heterocycles. The molecule has 1 amide bonds. The molecule has 156 valence electrons. The number of amides is 1. The number of hydrogen-bond donors (Lipinski definition) is 1. The third-order valence-corrected chi connectivity index (χ3v) is 6.57. The Morgan fingerprint density at radius 1 is 1.21 bits per heavy atom. The van der Waals surface area contributed by atoms with Gasteiger partial charge in [-0.05, 0) is 49.8 Å². The lowest BCUT2D eigenvalue weighted by molar-refractivity contribution is -0.130. The van der Waals surface area contributed by atoms with Gasteiger partial charge in [-0.1, -0.05) is 28.1 Å². The van der Waals surface area contributed by atoms with Crippen LogP contribution in [0.4, 0.5) is 0 Å². The number of aryl methyl sites for hydroxylation is 2. The summed E-state index contributed by atoms with van der Waals surface area (Å²) < 4.78 is 9.85. The summed E-state index contributed by atoms with van der Waals surface area (Å²) in [5.41, 5.74) is 0.449. The summed E-state index contributed by atoms with van der Waals surface area (Å²) in [6.45, 7) is 2.97. The predicted molar refractivity (Wildman–Crippen MR) is 113 cm³/mol. The van der Waals surface area contributed by atoms with Crippen LogP contribution in [0.1, 0.15) is 43.5 Å². The van der Waals surface area contributed by atoms with Crippen LogP contribution in [0, 0.1) is 0 Å². The number of halogens is 1. The lowest BCUT2D eigenvalue weighted by Gasteiger charge is -2.36. The fraction of sp³-hybridized carbons (Fsp3) is 0.571. The van der Waals surface area contributed by atoms with Crippen molar-refractivity contribution in [1.82, 2.24) is 19.7 Å². The summed E-state index contributed by atoms with van der Waals surface area (Å²) in [5, 5.41) is 7.56. The van der Waals surface area contributed by atoms with Crippen LogP contribution in [0.5, 0.6) is 0 Å². The monoisotopic (exact) mass is 462 g/mol. The number of fused-ring (bicyclic) bond motifs is 1. The van der Waals surface area contributed by atoms with Crippen LogP contribution in [-0.4, -0.2) is 40.0 Å². The van der Waals surface area contributed by atoms with Crippen molar-refractivity contribution in [3.8, 4) is 0 Å². The largest absolute Gasteiger partial charge is 0.381 e. The molecule has 2 aromatic rings. The van der Waals surface area contributed by atoms with Gasteiger partial charge in [-0.3, -0.25) is 9.36 Å². The van der Waals surface area contributed by atoms with E-state index in [1.807, 2.05) is 24.3 Å². The molecule has 1 fully saturated rings. The molecular formula is C21H27BrN4O3. The Morgan fingerprint density at radius 2 is 1.97 bits per heavy atom. The van der Waals surface area contributed by atoms with Gasteiger partial charge in [-0.2, -0.15) is 5.10 Å². The zero-order valence-electron chi connectivity index (χ0n) is 16.5. The van der Waals surface area contributed by atoms with E-state index in [9.17, 15) is 9.59 Å². The topological polar surface area (TPSA) is 78.2 Å². The average Bonchev–Trinajstić information content (AvgIpc) is 3.08. The minimum atomic E-state index is -0.552. The van der Waals surface area contributed by atoms with E-state index >= 15 is 0 Å². The molecule has 0 unspecified atom stereocenters. The Labute approximate surface area is 178 Å². The van der Waals surface area contributed by atoms with Crippen LogP contribution in [-0.2, 0) is 34.5 Å². The summed E-state index contributed by atoms with van der Waals surface area (Å²) in [4.78, 5) is 25.6. The molecule has 4 rings (SSSR count). The molecule has 29 heavy (non-hydrogen) atoms. The lowest BCUT2D eigenvalue weighted by atomic mass is 9.73. The molecule has 0 aliphatic carbocycles. The van der Waals surface area contributed by atoms with Gasteiger partial charge in [-0.15, -0.1) is 0 Å². The van der Waals surface area contributed by atoms with E-state index in [1.54, 1.807) is 9.25 Å². The van der Waals surface area contributed by atoms with Gasteiger partial charge in [0, 0.05) is 43.7 Å². The van der Waals surface area contributed by atoms with Crippen LogP contribution < -0.4 is 11.0 Å². The molecule has 2 aliphatic rings. The smallest absolute Gasteiger partial charge is 0.345 e. The third-order valence-electron chi connectivity index (χ3n) is 6.04. The number of rotatable bonds is 6. The fourth-order valence-corrected chi connectivity index (χ4v) is 4.59. The number of benzene rings is 1. The summed E-state index contributed by atoms with van der Waals surface area (Å²) in [6.07, 6.45) is 5.03. The van der Waals surface area contributed by atoms with Gasteiger partial charge >= 0.3 is 5.69 Å². The molecule has 7 nitrogen and oxygen atoms in total. The van der Waals surface area contributed by atoms with E-state index < -0.39 is 5.41 Å². The minimum absolute atomic E-state index is 0.0261. The normalized spacial score (nSPS) is 18.2. The van der Waals surface area contributed by atoms with E-state index in [4.69, 9.17) is 4.74 Å². The second-order valence-corrected chi connectivity index (χ2v) is 8.76. The molecule has 0 bridgehead atoms. The summed E-state index contributed by atoms with van der Waals surface area (Å²) in [7, 11) is 0. The molecular weight excluding hydrogens is 436 g/mol. The maximum atomic E-state index is 13.2. The molecule has 2 aliphatic heterocycles. The van der Waals surface area contributed by atoms with Gasteiger partial charge in [0.2, 0.25) is 5.91 Å². The maximum absolute atomic E-state index is 13.2. The van der Waals surface area contributed by atoms with Gasteiger partial charge in [0.1, 0.15) is 5.82 Å². The summed E-state index contributed by atoms with van der Waals surface area (Å²) in [6, 6.07) is 7.99. The van der Waals surface area contributed by atoms with E-state index in [0.29, 0.717) is 45.6 Å². The number of nitrogens with one attached hydrogen (secondary N) is 1. The fourth-order valence-electron chi connectivity index (χ4n) is 4.33. The van der Waals surface area contributed by atoms with Crippen molar-refractivity contribution in [3.63, 3.8) is 0 Å².